The Labute approximate surface area is 120 Å². The highest BCUT2D eigenvalue weighted by atomic mass is 35.5. The Hall–Kier alpha value is -0.930. The molecule has 1 fully saturated rings. The molecule has 1 aliphatic rings. The highest BCUT2D eigenvalue weighted by molar-refractivity contribution is 6.20. The van der Waals surface area contributed by atoms with Gasteiger partial charge in [0.25, 0.3) is 0 Å². The van der Waals surface area contributed by atoms with Crippen molar-refractivity contribution in [2.45, 2.75) is 31.2 Å². The molecule has 0 aromatic heterocycles. The van der Waals surface area contributed by atoms with E-state index >= 15 is 0 Å². The van der Waals surface area contributed by atoms with Crippen LogP contribution < -0.4 is 14.8 Å². The number of hydrogen-bond donors (Lipinski definition) is 1. The van der Waals surface area contributed by atoms with Crippen LogP contribution in [0.25, 0.3) is 0 Å². The highest BCUT2D eigenvalue weighted by Gasteiger charge is 2.22. The van der Waals surface area contributed by atoms with Crippen molar-refractivity contribution in [3.05, 3.63) is 23.8 Å². The number of benzene rings is 1. The molecule has 0 aliphatic heterocycles. The number of rotatable bonds is 6. The molecule has 0 radical (unpaired) electrons. The van der Waals surface area contributed by atoms with Crippen LogP contribution in [0.2, 0.25) is 0 Å². The summed E-state index contributed by atoms with van der Waals surface area (Å²) in [6.45, 7) is 1.89. The van der Waals surface area contributed by atoms with Crippen LogP contribution in [0.4, 0.5) is 0 Å². The minimum absolute atomic E-state index is 0.382. The van der Waals surface area contributed by atoms with Gasteiger partial charge in [0, 0.05) is 11.9 Å². The predicted octanol–water partition coefficient (Wildman–Crippen LogP) is 3.20. The van der Waals surface area contributed by atoms with Crippen LogP contribution >= 0.6 is 11.6 Å². The van der Waals surface area contributed by atoms with Gasteiger partial charge in [-0.2, -0.15) is 0 Å². The quantitative estimate of drug-likeness (QED) is 0.813. The van der Waals surface area contributed by atoms with Gasteiger partial charge in [0.15, 0.2) is 11.5 Å². The SMILES string of the molecule is COc1ccc(CNCC2CCC(Cl)C2)cc1OC. The second-order valence-corrected chi connectivity index (χ2v) is 5.71. The van der Waals surface area contributed by atoms with Gasteiger partial charge in [0.1, 0.15) is 0 Å². The van der Waals surface area contributed by atoms with Crippen LogP contribution in [0, 0.1) is 5.92 Å². The van der Waals surface area contributed by atoms with Crippen molar-refractivity contribution < 1.29 is 9.47 Å². The molecule has 106 valence electrons. The number of nitrogens with one attached hydrogen (secondary N) is 1. The zero-order valence-electron chi connectivity index (χ0n) is 11.6. The van der Waals surface area contributed by atoms with Crippen molar-refractivity contribution in [2.24, 2.45) is 5.92 Å². The lowest BCUT2D eigenvalue weighted by atomic mass is 10.1. The minimum atomic E-state index is 0.382. The van der Waals surface area contributed by atoms with Gasteiger partial charge in [-0.05, 0) is 49.4 Å². The maximum absolute atomic E-state index is 6.12. The fourth-order valence-corrected chi connectivity index (χ4v) is 2.99. The van der Waals surface area contributed by atoms with E-state index in [1.807, 2.05) is 12.1 Å². The largest absolute Gasteiger partial charge is 0.493 e. The Kier molecular flexibility index (Phi) is 5.34. The summed E-state index contributed by atoms with van der Waals surface area (Å²) in [6, 6.07) is 6.03. The van der Waals surface area contributed by atoms with Gasteiger partial charge in [-0.3, -0.25) is 0 Å². The van der Waals surface area contributed by atoms with Crippen molar-refractivity contribution in [1.82, 2.24) is 5.32 Å². The van der Waals surface area contributed by atoms with Crippen LogP contribution in [0.1, 0.15) is 24.8 Å². The number of alkyl halides is 1. The Morgan fingerprint density at radius 3 is 2.63 bits per heavy atom. The van der Waals surface area contributed by atoms with E-state index < -0.39 is 0 Å². The molecule has 0 amide bonds. The molecule has 0 saturated heterocycles. The lowest BCUT2D eigenvalue weighted by Gasteiger charge is -2.12. The van der Waals surface area contributed by atoms with Crippen molar-refractivity contribution in [2.75, 3.05) is 20.8 Å². The van der Waals surface area contributed by atoms with E-state index in [9.17, 15) is 0 Å². The Balaban J connectivity index is 1.82. The average molecular weight is 284 g/mol. The Bertz CT molecular complexity index is 411. The number of halogens is 1. The lowest BCUT2D eigenvalue weighted by molar-refractivity contribution is 0.354. The lowest BCUT2D eigenvalue weighted by Crippen LogP contribution is -2.21. The molecule has 2 atom stereocenters. The zero-order valence-corrected chi connectivity index (χ0v) is 12.4. The molecule has 1 saturated carbocycles. The molecule has 1 N–H and O–H groups in total. The maximum atomic E-state index is 6.12. The third-order valence-electron chi connectivity index (χ3n) is 3.69. The molecule has 0 bridgehead atoms. The van der Waals surface area contributed by atoms with Gasteiger partial charge in [0.05, 0.1) is 14.2 Å². The molecule has 0 heterocycles. The van der Waals surface area contributed by atoms with Gasteiger partial charge in [-0.15, -0.1) is 11.6 Å². The first-order valence-electron chi connectivity index (χ1n) is 6.78. The van der Waals surface area contributed by atoms with Gasteiger partial charge >= 0.3 is 0 Å². The minimum Gasteiger partial charge on any atom is -0.493 e. The molecule has 1 aromatic rings. The van der Waals surface area contributed by atoms with E-state index in [1.54, 1.807) is 14.2 Å². The molecule has 1 aromatic carbocycles. The van der Waals surface area contributed by atoms with Crippen molar-refractivity contribution in [3.63, 3.8) is 0 Å². The first-order chi connectivity index (χ1) is 9.22. The molecule has 2 rings (SSSR count). The van der Waals surface area contributed by atoms with Crippen molar-refractivity contribution >= 4 is 11.6 Å². The smallest absolute Gasteiger partial charge is 0.161 e. The summed E-state index contributed by atoms with van der Waals surface area (Å²) in [5.74, 6) is 2.28. The number of methoxy groups -OCH3 is 2. The summed E-state index contributed by atoms with van der Waals surface area (Å²) in [6.07, 6.45) is 3.54. The van der Waals surface area contributed by atoms with Crippen molar-refractivity contribution in [1.29, 1.82) is 0 Å². The van der Waals surface area contributed by atoms with Crippen molar-refractivity contribution in [3.8, 4) is 11.5 Å². The third kappa shape index (κ3) is 4.02. The number of hydrogen-bond acceptors (Lipinski definition) is 3. The van der Waals surface area contributed by atoms with Crippen LogP contribution in [-0.2, 0) is 6.54 Å². The first kappa shape index (κ1) is 14.5. The Morgan fingerprint density at radius 1 is 1.21 bits per heavy atom. The fraction of sp³-hybridized carbons (Fsp3) is 0.600. The second-order valence-electron chi connectivity index (χ2n) is 5.10. The molecule has 1 aliphatic carbocycles. The standard InChI is InChI=1S/C15H22ClNO2/c1-18-14-6-4-12(8-15(14)19-2)10-17-9-11-3-5-13(16)7-11/h4,6,8,11,13,17H,3,5,7,9-10H2,1-2H3. The molecule has 19 heavy (non-hydrogen) atoms. The Morgan fingerprint density at radius 2 is 2.00 bits per heavy atom. The monoisotopic (exact) mass is 283 g/mol. The van der Waals surface area contributed by atoms with Crippen LogP contribution in [0.5, 0.6) is 11.5 Å². The topological polar surface area (TPSA) is 30.5 Å². The predicted molar refractivity (Wildman–Crippen MR) is 78.2 cm³/mol. The molecule has 4 heteroatoms. The zero-order chi connectivity index (χ0) is 13.7. The molecular weight excluding hydrogens is 262 g/mol. The van der Waals surface area contributed by atoms with Gasteiger partial charge < -0.3 is 14.8 Å². The highest BCUT2D eigenvalue weighted by Crippen LogP contribution is 2.29. The first-order valence-corrected chi connectivity index (χ1v) is 7.22. The third-order valence-corrected chi connectivity index (χ3v) is 4.08. The summed E-state index contributed by atoms with van der Waals surface area (Å²) in [7, 11) is 3.31. The summed E-state index contributed by atoms with van der Waals surface area (Å²) in [5, 5.41) is 3.88. The maximum Gasteiger partial charge on any atom is 0.161 e. The number of ether oxygens (including phenoxy) is 2. The van der Waals surface area contributed by atoms with Crippen LogP contribution in [-0.4, -0.2) is 26.1 Å². The van der Waals surface area contributed by atoms with E-state index in [1.165, 1.54) is 12.0 Å². The summed E-state index contributed by atoms with van der Waals surface area (Å²) < 4.78 is 10.5. The van der Waals surface area contributed by atoms with Crippen LogP contribution in [0.15, 0.2) is 18.2 Å². The second kappa shape index (κ2) is 7.01. The van der Waals surface area contributed by atoms with Crippen LogP contribution in [0.3, 0.4) is 0 Å². The molecule has 2 unspecified atom stereocenters. The molecule has 0 spiro atoms. The van der Waals surface area contributed by atoms with E-state index in [2.05, 4.69) is 11.4 Å². The van der Waals surface area contributed by atoms with E-state index in [0.29, 0.717) is 5.38 Å². The fourth-order valence-electron chi connectivity index (χ4n) is 2.61. The van der Waals surface area contributed by atoms with Gasteiger partial charge in [-0.1, -0.05) is 6.07 Å². The molecule has 3 nitrogen and oxygen atoms in total. The van der Waals surface area contributed by atoms with Gasteiger partial charge in [0.2, 0.25) is 0 Å². The normalized spacial score (nSPS) is 22.5. The molecular formula is C15H22ClNO2. The average Bonchev–Trinajstić information content (AvgIpc) is 2.84. The van der Waals surface area contributed by atoms with E-state index in [-0.39, 0.29) is 0 Å². The van der Waals surface area contributed by atoms with E-state index in [4.69, 9.17) is 21.1 Å². The summed E-state index contributed by atoms with van der Waals surface area (Å²) >= 11 is 6.12. The van der Waals surface area contributed by atoms with Gasteiger partial charge in [-0.25, -0.2) is 0 Å². The summed E-state index contributed by atoms with van der Waals surface area (Å²) in [5.41, 5.74) is 1.21. The van der Waals surface area contributed by atoms with E-state index in [0.717, 1.165) is 43.3 Å². The summed E-state index contributed by atoms with van der Waals surface area (Å²) in [4.78, 5) is 0.